The Morgan fingerprint density at radius 2 is 0.714 bits per heavy atom. The first kappa shape index (κ1) is 39.5. The van der Waals surface area contributed by atoms with Crippen molar-refractivity contribution in [2.24, 2.45) is 0 Å². The summed E-state index contributed by atoms with van der Waals surface area (Å²) in [7, 11) is 0. The van der Waals surface area contributed by atoms with Crippen LogP contribution in [-0.4, -0.2) is 25.2 Å². The number of hydrogen-bond acceptors (Lipinski definition) is 6. The van der Waals surface area contributed by atoms with Crippen molar-refractivity contribution in [3.63, 3.8) is 0 Å². The van der Waals surface area contributed by atoms with Crippen molar-refractivity contribution >= 4 is 37.2 Å². The van der Waals surface area contributed by atoms with Crippen LogP contribution >= 0.6 is 25.3 Å². The number of esters is 2. The molecule has 4 nitrogen and oxygen atoms in total. The second-order valence-electron chi connectivity index (χ2n) is 8.96. The summed E-state index contributed by atoms with van der Waals surface area (Å²) in [6.07, 6.45) is 25.9. The van der Waals surface area contributed by atoms with Crippen LogP contribution in [0.5, 0.6) is 0 Å². The van der Waals surface area contributed by atoms with Gasteiger partial charge in [0.25, 0.3) is 0 Å². The number of ether oxygens (including phenoxy) is 2. The van der Waals surface area contributed by atoms with Crippen LogP contribution in [0.4, 0.5) is 0 Å². The molecule has 0 saturated carbocycles. The monoisotopic (exact) mass is 582 g/mol. The minimum atomic E-state index is -0.329. The molecule has 0 unspecified atom stereocenters. The van der Waals surface area contributed by atoms with E-state index in [1.807, 2.05) is 0 Å². The van der Waals surface area contributed by atoms with Crippen LogP contribution in [0.3, 0.4) is 0 Å². The van der Waals surface area contributed by atoms with Crippen molar-refractivity contribution in [2.45, 2.75) is 142 Å². The molecule has 0 aliphatic heterocycles. The maximum Gasteiger partial charge on any atom is 2.00 e. The number of carbonyl (C=O) groups excluding carboxylic acids is 2. The van der Waals surface area contributed by atoms with Crippen LogP contribution in [0.1, 0.15) is 142 Å². The van der Waals surface area contributed by atoms with Crippen LogP contribution < -0.4 is 0 Å². The maximum absolute atomic E-state index is 10.7. The Bertz CT molecular complexity index is 388. The van der Waals surface area contributed by atoms with Gasteiger partial charge >= 0.3 is 19.5 Å². The molecule has 0 aliphatic carbocycles. The first-order valence-corrected chi connectivity index (χ1v) is 14.9. The predicted octanol–water partition coefficient (Wildman–Crippen LogP) is 9.08. The normalized spacial score (nSPS) is 9.94. The Labute approximate surface area is 241 Å². The van der Waals surface area contributed by atoms with Crippen molar-refractivity contribution in [3.05, 3.63) is 11.5 Å². The minimum absolute atomic E-state index is 0. The topological polar surface area (TPSA) is 52.6 Å². The van der Waals surface area contributed by atoms with Gasteiger partial charge in [-0.05, 0) is 12.8 Å². The summed E-state index contributed by atoms with van der Waals surface area (Å²) in [6, 6.07) is 0. The Morgan fingerprint density at radius 3 is 0.943 bits per heavy atom. The zero-order valence-electron chi connectivity index (χ0n) is 22.9. The molecule has 0 aliphatic rings. The zero-order valence-corrected chi connectivity index (χ0v) is 27.7. The fourth-order valence-corrected chi connectivity index (χ4v) is 3.75. The maximum atomic E-state index is 10.7. The Morgan fingerprint density at radius 1 is 0.486 bits per heavy atom. The van der Waals surface area contributed by atoms with Crippen molar-refractivity contribution in [2.75, 3.05) is 13.2 Å². The largest absolute Gasteiger partial charge is 2.00 e. The molecule has 0 atom stereocenters. The van der Waals surface area contributed by atoms with Crippen molar-refractivity contribution in [3.8, 4) is 0 Å². The molecule has 204 valence electrons. The van der Waals surface area contributed by atoms with Crippen LogP contribution in [0.15, 0.2) is 0 Å². The van der Waals surface area contributed by atoms with Crippen LogP contribution in [0, 0.1) is 11.5 Å². The van der Waals surface area contributed by atoms with E-state index < -0.39 is 0 Å². The van der Waals surface area contributed by atoms with E-state index in [1.54, 1.807) is 0 Å². The van der Waals surface area contributed by atoms with E-state index in [2.05, 4.69) is 39.1 Å². The molecule has 0 radical (unpaired) electrons. The number of unbranched alkanes of at least 4 members (excludes halogenated alkanes) is 18. The second kappa shape index (κ2) is 36.2. The molecule has 0 N–H and O–H groups in total. The summed E-state index contributed by atoms with van der Waals surface area (Å²) in [4.78, 5) is 21.4. The van der Waals surface area contributed by atoms with Crippen LogP contribution in [0.25, 0.3) is 0 Å². The third-order valence-corrected chi connectivity index (χ3v) is 6.12. The predicted molar refractivity (Wildman–Crippen MR) is 152 cm³/mol. The van der Waals surface area contributed by atoms with Crippen LogP contribution in [0.2, 0.25) is 0 Å². The van der Waals surface area contributed by atoms with E-state index >= 15 is 0 Å². The molecule has 0 aromatic carbocycles. The van der Waals surface area contributed by atoms with Crippen molar-refractivity contribution in [1.82, 2.24) is 0 Å². The molecule has 0 amide bonds. The van der Waals surface area contributed by atoms with Gasteiger partial charge < -0.3 is 34.7 Å². The van der Waals surface area contributed by atoms with Gasteiger partial charge in [0.1, 0.15) is 0 Å². The van der Waals surface area contributed by atoms with Gasteiger partial charge in [-0.15, -0.1) is 0 Å². The van der Waals surface area contributed by atoms with Gasteiger partial charge in [-0.25, -0.2) is 11.5 Å². The van der Waals surface area contributed by atoms with Gasteiger partial charge in [0.2, 0.25) is 0 Å². The third kappa shape index (κ3) is 38.7. The summed E-state index contributed by atoms with van der Waals surface area (Å²) >= 11 is 7.44. The molecule has 7 heteroatoms. The van der Waals surface area contributed by atoms with Crippen molar-refractivity contribution < 1.29 is 38.5 Å². The molecule has 35 heavy (non-hydrogen) atoms. The van der Waals surface area contributed by atoms with E-state index in [1.165, 1.54) is 103 Å². The summed E-state index contributed by atoms with van der Waals surface area (Å²) in [5, 5.41) is 0. The molecule has 0 rings (SSSR count). The smallest absolute Gasteiger partial charge is 0.487 e. The van der Waals surface area contributed by atoms with E-state index in [9.17, 15) is 9.59 Å². The van der Waals surface area contributed by atoms with Crippen molar-refractivity contribution in [1.29, 1.82) is 0 Å². The van der Waals surface area contributed by atoms with Gasteiger partial charge in [0.15, 0.2) is 11.9 Å². The first-order chi connectivity index (χ1) is 16.6. The molecular formula is C28H54O4S2Zn. The van der Waals surface area contributed by atoms with Gasteiger partial charge in [0, 0.05) is 0 Å². The molecule has 0 fully saturated rings. The molecule has 0 aromatic rings. The minimum Gasteiger partial charge on any atom is -0.487 e. The average molecular weight is 584 g/mol. The van der Waals surface area contributed by atoms with Gasteiger partial charge in [-0.1, -0.05) is 129 Å². The summed E-state index contributed by atoms with van der Waals surface area (Å²) in [5.41, 5.74) is 0. The first-order valence-electron chi connectivity index (χ1n) is 13.9. The summed E-state index contributed by atoms with van der Waals surface area (Å²) < 4.78 is 9.78. The Hall–Kier alpha value is 0.00338. The van der Waals surface area contributed by atoms with E-state index in [0.717, 1.165) is 37.2 Å². The fourth-order valence-electron chi connectivity index (χ4n) is 3.60. The number of rotatable bonds is 24. The van der Waals surface area contributed by atoms with E-state index in [4.69, 9.17) is 9.47 Å². The Balaban J connectivity index is -0.000000569. The second-order valence-corrected chi connectivity index (χ2v) is 9.47. The molecule has 0 spiro atoms. The molecule has 0 aromatic heterocycles. The third-order valence-electron chi connectivity index (χ3n) is 5.70. The molecular weight excluding hydrogens is 530 g/mol. The average Bonchev–Trinajstić information content (AvgIpc) is 2.85. The molecule has 0 bridgehead atoms. The van der Waals surface area contributed by atoms with Gasteiger partial charge in [0.05, 0.1) is 13.2 Å². The van der Waals surface area contributed by atoms with Crippen LogP contribution in [-0.2, 0) is 38.5 Å². The fraction of sp³-hybridized carbons (Fsp3) is 0.857. The number of thiol groups is 2. The molecule has 0 heterocycles. The zero-order chi connectivity index (χ0) is 25.5. The SMILES string of the molecule is CCCCCCCCCCCCOC(=O)[CH-]S.CCCCCCCCCCCCOC(=O)[CH-]S.[Zn+2]. The van der Waals surface area contributed by atoms with E-state index in [0.29, 0.717) is 13.2 Å². The number of carbonyl (C=O) groups is 2. The summed E-state index contributed by atoms with van der Waals surface area (Å²) in [5.74, 6) is 1.67. The van der Waals surface area contributed by atoms with Gasteiger partial charge in [-0.2, -0.15) is 0 Å². The van der Waals surface area contributed by atoms with Gasteiger partial charge in [-0.3, -0.25) is 9.59 Å². The quantitative estimate of drug-likeness (QED) is 0.0391. The van der Waals surface area contributed by atoms with E-state index in [-0.39, 0.29) is 31.4 Å². The standard InChI is InChI=1S/2C14H27O2S.Zn/c2*1-2-3-4-5-6-7-8-9-10-11-12-16-14(15)13-17;/h2*13,17H,2-12H2,1H3;/q2*-1;+2. The Kier molecular flexibility index (Phi) is 40.8. The summed E-state index contributed by atoms with van der Waals surface area (Å²) in [6.45, 7) is 5.56. The number of hydrogen-bond donors (Lipinski definition) is 2. The molecule has 0 saturated heterocycles.